The molecule has 1 saturated heterocycles. The van der Waals surface area contributed by atoms with Gasteiger partial charge in [0.05, 0.1) is 12.5 Å². The summed E-state index contributed by atoms with van der Waals surface area (Å²) in [5, 5.41) is 0. The van der Waals surface area contributed by atoms with E-state index < -0.39 is 17.7 Å². The number of carbonyl (C=O) groups excluding carboxylic acids is 2. The largest absolute Gasteiger partial charge is 0.444 e. The topological polar surface area (TPSA) is 46.6 Å². The molecule has 1 aliphatic rings. The number of amides is 1. The molecular formula is C13H19NO3. The molecule has 4 nitrogen and oxygen atoms in total. The Hall–Kier alpha value is -1.50. The van der Waals surface area contributed by atoms with Gasteiger partial charge < -0.3 is 4.74 Å². The van der Waals surface area contributed by atoms with Crippen molar-refractivity contribution in [3.63, 3.8) is 0 Å². The summed E-state index contributed by atoms with van der Waals surface area (Å²) in [6.45, 7) is 5.98. The van der Waals surface area contributed by atoms with Crippen LogP contribution in [0, 0.1) is 12.3 Å². The first-order chi connectivity index (χ1) is 7.85. The van der Waals surface area contributed by atoms with Gasteiger partial charge in [0.15, 0.2) is 5.78 Å². The standard InChI is InChI=1S/C13H19NO3/c1-5-7-11(15)10-8-6-9-14(10)12(16)17-13(2,3)4/h1,10H,6-9H2,2-4H3. The second kappa shape index (κ2) is 5.22. The third-order valence-corrected chi connectivity index (χ3v) is 2.53. The number of ether oxygens (including phenoxy) is 1. The molecule has 0 bridgehead atoms. The van der Waals surface area contributed by atoms with E-state index in [2.05, 4.69) is 5.92 Å². The van der Waals surface area contributed by atoms with Crippen LogP contribution in [-0.4, -0.2) is 35.0 Å². The van der Waals surface area contributed by atoms with Crippen LogP contribution in [0.3, 0.4) is 0 Å². The van der Waals surface area contributed by atoms with E-state index in [1.54, 1.807) is 20.8 Å². The SMILES string of the molecule is C#CCC(=O)C1CCCN1C(=O)OC(C)(C)C. The molecule has 0 aromatic rings. The minimum absolute atomic E-state index is 0.0733. The van der Waals surface area contributed by atoms with Crippen LogP contribution >= 0.6 is 0 Å². The Balaban J connectivity index is 2.67. The summed E-state index contributed by atoms with van der Waals surface area (Å²) in [7, 11) is 0. The molecule has 4 heteroatoms. The molecule has 0 saturated carbocycles. The van der Waals surface area contributed by atoms with Crippen molar-refractivity contribution in [2.24, 2.45) is 0 Å². The van der Waals surface area contributed by atoms with E-state index in [1.165, 1.54) is 4.90 Å². The minimum atomic E-state index is -0.542. The van der Waals surface area contributed by atoms with E-state index in [1.807, 2.05) is 0 Å². The summed E-state index contributed by atoms with van der Waals surface area (Å²) in [6, 6.07) is -0.402. The van der Waals surface area contributed by atoms with Crippen molar-refractivity contribution in [3.05, 3.63) is 0 Å². The van der Waals surface area contributed by atoms with Crippen molar-refractivity contribution in [1.82, 2.24) is 4.90 Å². The van der Waals surface area contributed by atoms with Crippen LogP contribution in [0.1, 0.15) is 40.0 Å². The molecule has 1 aliphatic heterocycles. The predicted molar refractivity (Wildman–Crippen MR) is 64.4 cm³/mol. The van der Waals surface area contributed by atoms with Gasteiger partial charge in [-0.2, -0.15) is 0 Å². The molecule has 94 valence electrons. The monoisotopic (exact) mass is 237 g/mol. The summed E-state index contributed by atoms with van der Waals surface area (Å²) < 4.78 is 5.26. The predicted octanol–water partition coefficient (Wildman–Crippen LogP) is 1.98. The molecule has 0 aliphatic carbocycles. The van der Waals surface area contributed by atoms with Crippen LogP contribution in [0.2, 0.25) is 0 Å². The van der Waals surface area contributed by atoms with Gasteiger partial charge in [-0.25, -0.2) is 4.79 Å². The molecule has 0 aromatic carbocycles. The molecule has 1 atom stereocenters. The van der Waals surface area contributed by atoms with Crippen LogP contribution < -0.4 is 0 Å². The summed E-state index contributed by atoms with van der Waals surface area (Å²) >= 11 is 0. The summed E-state index contributed by atoms with van der Waals surface area (Å²) in [4.78, 5) is 25.1. The fraction of sp³-hybridized carbons (Fsp3) is 0.692. The molecule has 1 unspecified atom stereocenters. The number of carbonyl (C=O) groups is 2. The van der Waals surface area contributed by atoms with Gasteiger partial charge in [-0.1, -0.05) is 5.92 Å². The Morgan fingerprint density at radius 2 is 2.12 bits per heavy atom. The quantitative estimate of drug-likeness (QED) is 0.690. The second-order valence-electron chi connectivity index (χ2n) is 5.18. The van der Waals surface area contributed by atoms with E-state index in [0.717, 1.165) is 6.42 Å². The van der Waals surface area contributed by atoms with E-state index in [-0.39, 0.29) is 12.2 Å². The van der Waals surface area contributed by atoms with Gasteiger partial charge in [-0.05, 0) is 33.6 Å². The molecule has 1 amide bonds. The van der Waals surface area contributed by atoms with Gasteiger partial charge in [-0.15, -0.1) is 6.42 Å². The number of hydrogen-bond acceptors (Lipinski definition) is 3. The number of Topliss-reactive ketones (excluding diaryl/α,β-unsaturated/α-hetero) is 1. The number of rotatable bonds is 2. The molecule has 1 rings (SSSR count). The third-order valence-electron chi connectivity index (χ3n) is 2.53. The zero-order valence-corrected chi connectivity index (χ0v) is 10.7. The Kier molecular flexibility index (Phi) is 4.17. The number of terminal acetylenes is 1. The number of hydrogen-bond donors (Lipinski definition) is 0. The van der Waals surface area contributed by atoms with Crippen LogP contribution in [0.15, 0.2) is 0 Å². The highest BCUT2D eigenvalue weighted by molar-refractivity contribution is 5.89. The smallest absolute Gasteiger partial charge is 0.410 e. The van der Waals surface area contributed by atoms with E-state index in [0.29, 0.717) is 13.0 Å². The lowest BCUT2D eigenvalue weighted by atomic mass is 10.1. The first kappa shape index (κ1) is 13.6. The lowest BCUT2D eigenvalue weighted by Crippen LogP contribution is -2.43. The van der Waals surface area contributed by atoms with Crippen molar-refractivity contribution >= 4 is 11.9 Å². The van der Waals surface area contributed by atoms with Crippen LogP contribution in [-0.2, 0) is 9.53 Å². The molecule has 1 heterocycles. The zero-order valence-electron chi connectivity index (χ0n) is 10.7. The van der Waals surface area contributed by atoms with Crippen LogP contribution in [0.5, 0.6) is 0 Å². The highest BCUT2D eigenvalue weighted by Crippen LogP contribution is 2.22. The summed E-state index contributed by atoms with van der Waals surface area (Å²) in [5.74, 6) is 2.25. The van der Waals surface area contributed by atoms with Gasteiger partial charge in [0.2, 0.25) is 0 Å². The van der Waals surface area contributed by atoms with Gasteiger partial charge in [0.1, 0.15) is 5.60 Å². The molecule has 1 fully saturated rings. The number of nitrogens with zero attached hydrogens (tertiary/aromatic N) is 1. The van der Waals surface area contributed by atoms with Gasteiger partial charge in [-0.3, -0.25) is 9.69 Å². The zero-order chi connectivity index (χ0) is 13.1. The van der Waals surface area contributed by atoms with Crippen LogP contribution in [0.4, 0.5) is 4.79 Å². The lowest BCUT2D eigenvalue weighted by molar-refractivity contribution is -0.122. The van der Waals surface area contributed by atoms with Crippen molar-refractivity contribution < 1.29 is 14.3 Å². The maximum absolute atomic E-state index is 11.9. The Morgan fingerprint density at radius 1 is 1.47 bits per heavy atom. The molecule has 0 aromatic heterocycles. The summed E-state index contributed by atoms with van der Waals surface area (Å²) in [6.07, 6.45) is 6.26. The highest BCUT2D eigenvalue weighted by atomic mass is 16.6. The number of likely N-dealkylation sites (tertiary alicyclic amines) is 1. The van der Waals surface area contributed by atoms with E-state index in [4.69, 9.17) is 11.2 Å². The van der Waals surface area contributed by atoms with E-state index >= 15 is 0 Å². The maximum Gasteiger partial charge on any atom is 0.410 e. The molecular weight excluding hydrogens is 218 g/mol. The van der Waals surface area contributed by atoms with E-state index in [9.17, 15) is 9.59 Å². The van der Waals surface area contributed by atoms with Crippen molar-refractivity contribution in [2.45, 2.75) is 51.7 Å². The van der Waals surface area contributed by atoms with Gasteiger partial charge >= 0.3 is 6.09 Å². The molecule has 0 spiro atoms. The van der Waals surface area contributed by atoms with Crippen molar-refractivity contribution in [3.8, 4) is 12.3 Å². The Morgan fingerprint density at radius 3 is 2.65 bits per heavy atom. The first-order valence-electron chi connectivity index (χ1n) is 5.81. The highest BCUT2D eigenvalue weighted by Gasteiger charge is 2.35. The average molecular weight is 237 g/mol. The average Bonchev–Trinajstić information content (AvgIpc) is 2.63. The molecule has 0 radical (unpaired) electrons. The third kappa shape index (κ3) is 3.77. The maximum atomic E-state index is 11.9. The van der Waals surface area contributed by atoms with Crippen LogP contribution in [0.25, 0.3) is 0 Å². The normalized spacial score (nSPS) is 19.9. The molecule has 0 N–H and O–H groups in total. The minimum Gasteiger partial charge on any atom is -0.444 e. The van der Waals surface area contributed by atoms with Gasteiger partial charge in [0.25, 0.3) is 0 Å². The lowest BCUT2D eigenvalue weighted by Gasteiger charge is -2.27. The Bertz CT molecular complexity index is 349. The van der Waals surface area contributed by atoms with Crippen molar-refractivity contribution in [2.75, 3.05) is 6.54 Å². The number of ketones is 1. The summed E-state index contributed by atoms with van der Waals surface area (Å²) in [5.41, 5.74) is -0.542. The fourth-order valence-corrected chi connectivity index (χ4v) is 1.86. The first-order valence-corrected chi connectivity index (χ1v) is 5.81. The fourth-order valence-electron chi connectivity index (χ4n) is 1.86. The second-order valence-corrected chi connectivity index (χ2v) is 5.18. The van der Waals surface area contributed by atoms with Gasteiger partial charge in [0, 0.05) is 6.54 Å². The molecule has 17 heavy (non-hydrogen) atoms. The Labute approximate surface area is 102 Å². The van der Waals surface area contributed by atoms with Crippen molar-refractivity contribution in [1.29, 1.82) is 0 Å².